The van der Waals surface area contributed by atoms with E-state index in [0.717, 1.165) is 10.0 Å². The average Bonchev–Trinajstić information content (AvgIpc) is 2.08. The van der Waals surface area contributed by atoms with Crippen molar-refractivity contribution in [1.82, 2.24) is 0 Å². The highest BCUT2D eigenvalue weighted by molar-refractivity contribution is 9.10. The first-order valence-electron chi connectivity index (χ1n) is 4.31. The first kappa shape index (κ1) is 12.3. The molecule has 1 N–H and O–H groups in total. The molecule has 0 fully saturated rings. The number of halogens is 2. The summed E-state index contributed by atoms with van der Waals surface area (Å²) < 4.78 is 6.17. The van der Waals surface area contributed by atoms with Crippen molar-refractivity contribution in [1.29, 1.82) is 0 Å². The van der Waals surface area contributed by atoms with Crippen LogP contribution in [0, 0.1) is 6.92 Å². The number of ether oxygens (including phenoxy) is 1. The summed E-state index contributed by atoms with van der Waals surface area (Å²) in [7, 11) is 0. The molecule has 0 saturated carbocycles. The zero-order chi connectivity index (χ0) is 11.4. The van der Waals surface area contributed by atoms with E-state index < -0.39 is 5.97 Å². The summed E-state index contributed by atoms with van der Waals surface area (Å²) in [6.45, 7) is 1.98. The highest BCUT2D eigenvalue weighted by atomic mass is 79.9. The lowest BCUT2D eigenvalue weighted by atomic mass is 10.2. The van der Waals surface area contributed by atoms with Crippen molar-refractivity contribution in [2.75, 3.05) is 6.61 Å². The molecule has 0 amide bonds. The quantitative estimate of drug-likeness (QED) is 0.927. The number of carboxylic acids is 1. The lowest BCUT2D eigenvalue weighted by molar-refractivity contribution is -0.137. The Morgan fingerprint density at radius 1 is 1.60 bits per heavy atom. The van der Waals surface area contributed by atoms with Crippen LogP contribution in [0.3, 0.4) is 0 Å². The predicted molar refractivity (Wildman–Crippen MR) is 61.6 cm³/mol. The second kappa shape index (κ2) is 5.37. The maximum Gasteiger partial charge on any atom is 0.306 e. The number of rotatable bonds is 4. The third-order valence-corrected chi connectivity index (χ3v) is 2.49. The monoisotopic (exact) mass is 292 g/mol. The van der Waals surface area contributed by atoms with Gasteiger partial charge in [0.25, 0.3) is 0 Å². The van der Waals surface area contributed by atoms with Gasteiger partial charge in [-0.2, -0.15) is 0 Å². The molecule has 82 valence electrons. The van der Waals surface area contributed by atoms with E-state index in [1.807, 2.05) is 13.0 Å². The van der Waals surface area contributed by atoms with Crippen molar-refractivity contribution in [2.24, 2.45) is 0 Å². The SMILES string of the molecule is Cc1cc(Br)cc(Cl)c1OCCC(=O)O. The van der Waals surface area contributed by atoms with Gasteiger partial charge < -0.3 is 9.84 Å². The first-order chi connectivity index (χ1) is 7.00. The Balaban J connectivity index is 2.72. The number of hydrogen-bond acceptors (Lipinski definition) is 2. The minimum Gasteiger partial charge on any atom is -0.491 e. The highest BCUT2D eigenvalue weighted by Gasteiger charge is 2.07. The third kappa shape index (κ3) is 3.72. The Bertz CT molecular complexity index is 356. The molecular weight excluding hydrogens is 283 g/mol. The van der Waals surface area contributed by atoms with E-state index in [1.165, 1.54) is 0 Å². The minimum absolute atomic E-state index is 0.0359. The molecule has 1 aromatic carbocycles. The molecule has 0 aromatic heterocycles. The van der Waals surface area contributed by atoms with Crippen molar-refractivity contribution in [3.8, 4) is 5.75 Å². The first-order valence-corrected chi connectivity index (χ1v) is 5.48. The van der Waals surface area contributed by atoms with E-state index >= 15 is 0 Å². The van der Waals surface area contributed by atoms with Crippen LogP contribution in [0.5, 0.6) is 5.75 Å². The zero-order valence-corrected chi connectivity index (χ0v) is 10.4. The van der Waals surface area contributed by atoms with Crippen LogP contribution in [0.4, 0.5) is 0 Å². The molecule has 0 bridgehead atoms. The summed E-state index contributed by atoms with van der Waals surface area (Å²) in [5.74, 6) is -0.345. The molecule has 5 heteroatoms. The highest BCUT2D eigenvalue weighted by Crippen LogP contribution is 2.31. The largest absolute Gasteiger partial charge is 0.491 e. The molecule has 15 heavy (non-hydrogen) atoms. The predicted octanol–water partition coefficient (Wildman–Crippen LogP) is 3.26. The second-order valence-electron chi connectivity index (χ2n) is 3.03. The molecule has 1 aromatic rings. The van der Waals surface area contributed by atoms with E-state index in [-0.39, 0.29) is 13.0 Å². The van der Waals surface area contributed by atoms with E-state index in [2.05, 4.69) is 15.9 Å². The lowest BCUT2D eigenvalue weighted by Crippen LogP contribution is -2.05. The molecule has 0 spiro atoms. The van der Waals surface area contributed by atoms with Gasteiger partial charge >= 0.3 is 5.97 Å². The number of aliphatic carboxylic acids is 1. The standard InChI is InChI=1S/C10H10BrClO3/c1-6-4-7(11)5-8(12)10(6)15-3-2-9(13)14/h4-5H,2-3H2,1H3,(H,13,14). The number of hydrogen-bond donors (Lipinski definition) is 1. The zero-order valence-electron chi connectivity index (χ0n) is 8.09. The average molecular weight is 294 g/mol. The van der Waals surface area contributed by atoms with Gasteiger partial charge in [0, 0.05) is 4.47 Å². The number of carbonyl (C=O) groups is 1. The van der Waals surface area contributed by atoms with Gasteiger partial charge in [-0.1, -0.05) is 27.5 Å². The second-order valence-corrected chi connectivity index (χ2v) is 4.35. The van der Waals surface area contributed by atoms with Gasteiger partial charge in [-0.05, 0) is 24.6 Å². The van der Waals surface area contributed by atoms with Gasteiger partial charge in [-0.25, -0.2) is 0 Å². The molecular formula is C10H10BrClO3. The molecule has 0 heterocycles. The molecule has 0 aliphatic heterocycles. The van der Waals surface area contributed by atoms with Gasteiger partial charge in [0.2, 0.25) is 0 Å². The van der Waals surface area contributed by atoms with Gasteiger partial charge in [0.1, 0.15) is 5.75 Å². The maximum atomic E-state index is 10.3. The topological polar surface area (TPSA) is 46.5 Å². The fourth-order valence-electron chi connectivity index (χ4n) is 1.11. The van der Waals surface area contributed by atoms with Crippen LogP contribution >= 0.6 is 27.5 Å². The van der Waals surface area contributed by atoms with Crippen LogP contribution in [-0.2, 0) is 4.79 Å². The number of carboxylic acid groups (broad SMARTS) is 1. The molecule has 3 nitrogen and oxygen atoms in total. The van der Waals surface area contributed by atoms with Crippen molar-refractivity contribution in [3.05, 3.63) is 27.2 Å². The lowest BCUT2D eigenvalue weighted by Gasteiger charge is -2.10. The van der Waals surface area contributed by atoms with Crippen molar-refractivity contribution < 1.29 is 14.6 Å². The molecule has 0 aliphatic carbocycles. The van der Waals surface area contributed by atoms with Gasteiger partial charge in [-0.3, -0.25) is 4.79 Å². The van der Waals surface area contributed by atoms with E-state index in [0.29, 0.717) is 10.8 Å². The van der Waals surface area contributed by atoms with Crippen molar-refractivity contribution in [3.63, 3.8) is 0 Å². The fourth-order valence-corrected chi connectivity index (χ4v) is 2.14. The molecule has 0 saturated heterocycles. The van der Waals surface area contributed by atoms with Crippen LogP contribution in [0.25, 0.3) is 0 Å². The summed E-state index contributed by atoms with van der Waals surface area (Å²) >= 11 is 9.25. The van der Waals surface area contributed by atoms with Gasteiger partial charge in [0.05, 0.1) is 18.1 Å². The normalized spacial score (nSPS) is 10.1. The van der Waals surface area contributed by atoms with Crippen LogP contribution < -0.4 is 4.74 Å². The summed E-state index contributed by atoms with van der Waals surface area (Å²) in [4.78, 5) is 10.3. The Hall–Kier alpha value is -0.740. The van der Waals surface area contributed by atoms with Crippen LogP contribution in [0.15, 0.2) is 16.6 Å². The van der Waals surface area contributed by atoms with E-state index in [1.54, 1.807) is 6.07 Å². The smallest absolute Gasteiger partial charge is 0.306 e. The summed E-state index contributed by atoms with van der Waals surface area (Å²) in [6, 6.07) is 3.58. The Kier molecular flexibility index (Phi) is 4.42. The van der Waals surface area contributed by atoms with Crippen LogP contribution in [-0.4, -0.2) is 17.7 Å². The molecule has 0 aliphatic rings. The minimum atomic E-state index is -0.888. The molecule has 0 unspecified atom stereocenters. The van der Waals surface area contributed by atoms with Crippen molar-refractivity contribution in [2.45, 2.75) is 13.3 Å². The van der Waals surface area contributed by atoms with Crippen LogP contribution in [0.2, 0.25) is 5.02 Å². The number of aryl methyl sites for hydroxylation is 1. The van der Waals surface area contributed by atoms with E-state index in [4.69, 9.17) is 21.4 Å². The Morgan fingerprint density at radius 2 is 2.27 bits per heavy atom. The number of benzene rings is 1. The maximum absolute atomic E-state index is 10.3. The summed E-state index contributed by atoms with van der Waals surface area (Å²) in [6.07, 6.45) is -0.0359. The Morgan fingerprint density at radius 3 is 2.80 bits per heavy atom. The third-order valence-electron chi connectivity index (χ3n) is 1.76. The molecule has 0 atom stereocenters. The summed E-state index contributed by atoms with van der Waals surface area (Å²) in [5.41, 5.74) is 0.875. The molecule has 0 radical (unpaired) electrons. The van der Waals surface area contributed by atoms with Gasteiger partial charge in [0.15, 0.2) is 0 Å². The van der Waals surface area contributed by atoms with Crippen LogP contribution in [0.1, 0.15) is 12.0 Å². The fraction of sp³-hybridized carbons (Fsp3) is 0.300. The molecule has 1 rings (SSSR count). The van der Waals surface area contributed by atoms with Crippen molar-refractivity contribution >= 4 is 33.5 Å². The Labute approximate surface area is 101 Å². The summed E-state index contributed by atoms with van der Waals surface area (Å²) in [5, 5.41) is 8.93. The van der Waals surface area contributed by atoms with Gasteiger partial charge in [-0.15, -0.1) is 0 Å². The van der Waals surface area contributed by atoms with E-state index in [9.17, 15) is 4.79 Å².